The molecule has 0 saturated heterocycles. The van der Waals surface area contributed by atoms with Crippen LogP contribution in [0.5, 0.6) is 0 Å². The Kier molecular flexibility index (Phi) is 4.03. The van der Waals surface area contributed by atoms with Crippen LogP contribution in [0.4, 0.5) is 0 Å². The van der Waals surface area contributed by atoms with Gasteiger partial charge in [-0.25, -0.2) is 4.98 Å². The van der Waals surface area contributed by atoms with Gasteiger partial charge in [0, 0.05) is 33.7 Å². The van der Waals surface area contributed by atoms with E-state index in [2.05, 4.69) is 40.1 Å². The molecule has 4 rings (SSSR count). The average Bonchev–Trinajstić information content (AvgIpc) is 3.16. The molecule has 3 aromatic rings. The molecule has 0 aromatic carbocycles. The van der Waals surface area contributed by atoms with E-state index in [0.29, 0.717) is 0 Å². The van der Waals surface area contributed by atoms with Gasteiger partial charge in [-0.2, -0.15) is 0 Å². The van der Waals surface area contributed by atoms with Gasteiger partial charge < -0.3 is 4.57 Å². The third-order valence-corrected chi connectivity index (χ3v) is 6.18. The number of aryl methyl sites for hydroxylation is 3. The van der Waals surface area contributed by atoms with Crippen LogP contribution in [0.2, 0.25) is 0 Å². The van der Waals surface area contributed by atoms with Gasteiger partial charge >= 0.3 is 0 Å². The number of aromatic nitrogens is 4. The van der Waals surface area contributed by atoms with Gasteiger partial charge in [0.25, 0.3) is 0 Å². The SMILES string of the molecule is Cc1cc(-c2csc(Cc3nnc4n3CCCCC4)n2)c(C)s1. The fraction of sp³-hybridized carbons (Fsp3) is 0.471. The molecule has 3 aromatic heterocycles. The second-order valence-corrected chi connectivity index (χ2v) is 8.53. The number of thiazole rings is 1. The van der Waals surface area contributed by atoms with E-state index in [1.54, 1.807) is 11.3 Å². The van der Waals surface area contributed by atoms with Crippen molar-refractivity contribution >= 4 is 22.7 Å². The van der Waals surface area contributed by atoms with Gasteiger partial charge in [0.1, 0.15) is 16.7 Å². The first-order valence-electron chi connectivity index (χ1n) is 8.13. The number of nitrogens with zero attached hydrogens (tertiary/aromatic N) is 4. The maximum atomic E-state index is 4.85. The topological polar surface area (TPSA) is 43.6 Å². The minimum atomic E-state index is 0.792. The molecule has 0 atom stereocenters. The molecular weight excluding hydrogens is 324 g/mol. The monoisotopic (exact) mass is 344 g/mol. The summed E-state index contributed by atoms with van der Waals surface area (Å²) in [7, 11) is 0. The third-order valence-electron chi connectivity index (χ3n) is 4.36. The van der Waals surface area contributed by atoms with Crippen molar-refractivity contribution in [2.75, 3.05) is 0 Å². The van der Waals surface area contributed by atoms with Crippen molar-refractivity contribution in [1.82, 2.24) is 19.7 Å². The molecule has 23 heavy (non-hydrogen) atoms. The normalized spacial score (nSPS) is 14.7. The van der Waals surface area contributed by atoms with Crippen molar-refractivity contribution in [3.8, 4) is 11.3 Å². The summed E-state index contributed by atoms with van der Waals surface area (Å²) in [6.45, 7) is 5.38. The number of fused-ring (bicyclic) bond motifs is 1. The number of hydrogen-bond acceptors (Lipinski definition) is 5. The zero-order chi connectivity index (χ0) is 15.8. The Morgan fingerprint density at radius 1 is 1.17 bits per heavy atom. The van der Waals surface area contributed by atoms with Gasteiger partial charge in [-0.1, -0.05) is 6.42 Å². The lowest BCUT2D eigenvalue weighted by atomic mass is 10.2. The van der Waals surface area contributed by atoms with E-state index in [9.17, 15) is 0 Å². The lowest BCUT2D eigenvalue weighted by molar-refractivity contribution is 0.611. The summed E-state index contributed by atoms with van der Waals surface area (Å²) in [6.07, 6.45) is 5.61. The molecule has 1 aliphatic rings. The van der Waals surface area contributed by atoms with Crippen LogP contribution in [0.15, 0.2) is 11.4 Å². The maximum absolute atomic E-state index is 4.85. The molecule has 0 saturated carbocycles. The van der Waals surface area contributed by atoms with Gasteiger partial charge in [0.05, 0.1) is 12.1 Å². The molecule has 0 unspecified atom stereocenters. The van der Waals surface area contributed by atoms with E-state index in [1.807, 2.05) is 11.3 Å². The van der Waals surface area contributed by atoms with Crippen molar-refractivity contribution in [1.29, 1.82) is 0 Å². The third kappa shape index (κ3) is 2.97. The summed E-state index contributed by atoms with van der Waals surface area (Å²) >= 11 is 3.57. The molecule has 0 spiro atoms. The van der Waals surface area contributed by atoms with E-state index in [-0.39, 0.29) is 0 Å². The molecule has 6 heteroatoms. The van der Waals surface area contributed by atoms with Crippen LogP contribution in [0.25, 0.3) is 11.3 Å². The molecule has 4 nitrogen and oxygen atoms in total. The number of hydrogen-bond donors (Lipinski definition) is 0. The van der Waals surface area contributed by atoms with Gasteiger partial charge in [0.15, 0.2) is 0 Å². The van der Waals surface area contributed by atoms with E-state index in [1.165, 1.54) is 34.6 Å². The first-order valence-corrected chi connectivity index (χ1v) is 9.83. The van der Waals surface area contributed by atoms with Crippen molar-refractivity contribution < 1.29 is 0 Å². The second-order valence-electron chi connectivity index (χ2n) is 6.12. The van der Waals surface area contributed by atoms with Gasteiger partial charge in [0.2, 0.25) is 0 Å². The molecule has 0 bridgehead atoms. The van der Waals surface area contributed by atoms with Crippen molar-refractivity contribution in [2.45, 2.75) is 52.5 Å². The number of rotatable bonds is 3. The first-order chi connectivity index (χ1) is 11.2. The van der Waals surface area contributed by atoms with E-state index < -0.39 is 0 Å². The van der Waals surface area contributed by atoms with Crippen molar-refractivity contribution in [3.63, 3.8) is 0 Å². The summed E-state index contributed by atoms with van der Waals surface area (Å²) in [4.78, 5) is 7.53. The highest BCUT2D eigenvalue weighted by Gasteiger charge is 2.17. The van der Waals surface area contributed by atoms with Crippen molar-refractivity contribution in [2.24, 2.45) is 0 Å². The smallest absolute Gasteiger partial charge is 0.139 e. The van der Waals surface area contributed by atoms with Crippen LogP contribution in [0.1, 0.15) is 45.7 Å². The predicted molar refractivity (Wildman–Crippen MR) is 95.3 cm³/mol. The van der Waals surface area contributed by atoms with Crippen LogP contribution in [-0.2, 0) is 19.4 Å². The minimum absolute atomic E-state index is 0.792. The highest BCUT2D eigenvalue weighted by atomic mass is 32.1. The zero-order valence-electron chi connectivity index (χ0n) is 13.5. The summed E-state index contributed by atoms with van der Waals surface area (Å²) in [5.41, 5.74) is 2.37. The maximum Gasteiger partial charge on any atom is 0.139 e. The molecule has 120 valence electrons. The van der Waals surface area contributed by atoms with Crippen LogP contribution in [-0.4, -0.2) is 19.7 Å². The van der Waals surface area contributed by atoms with Crippen LogP contribution < -0.4 is 0 Å². The highest BCUT2D eigenvalue weighted by molar-refractivity contribution is 7.12. The van der Waals surface area contributed by atoms with Crippen LogP contribution in [0.3, 0.4) is 0 Å². The fourth-order valence-electron chi connectivity index (χ4n) is 3.21. The average molecular weight is 345 g/mol. The summed E-state index contributed by atoms with van der Waals surface area (Å²) in [5.74, 6) is 2.22. The standard InChI is InChI=1S/C17H20N4S2/c1-11-8-13(12(2)23-11)14-10-22-17(18-14)9-16-20-19-15-6-4-3-5-7-21(15)16/h8,10H,3-7,9H2,1-2H3. The van der Waals surface area contributed by atoms with Crippen LogP contribution in [0, 0.1) is 13.8 Å². The predicted octanol–water partition coefficient (Wildman–Crippen LogP) is 4.40. The fourth-order valence-corrected chi connectivity index (χ4v) is 4.94. The Bertz CT molecular complexity index is 828. The molecule has 0 radical (unpaired) electrons. The molecule has 4 heterocycles. The summed E-state index contributed by atoms with van der Waals surface area (Å²) in [6, 6.07) is 2.24. The summed E-state index contributed by atoms with van der Waals surface area (Å²) < 4.78 is 2.31. The van der Waals surface area contributed by atoms with E-state index in [4.69, 9.17) is 4.98 Å². The Labute approximate surface area is 144 Å². The molecule has 0 N–H and O–H groups in total. The molecular formula is C17H20N4S2. The summed E-state index contributed by atoms with van der Waals surface area (Å²) in [5, 5.41) is 12.1. The van der Waals surface area contributed by atoms with Gasteiger partial charge in [-0.05, 0) is 32.8 Å². The zero-order valence-corrected chi connectivity index (χ0v) is 15.1. The Morgan fingerprint density at radius 3 is 2.91 bits per heavy atom. The first kappa shape index (κ1) is 15.0. The number of thiophene rings is 1. The van der Waals surface area contributed by atoms with E-state index in [0.717, 1.165) is 41.7 Å². The lowest BCUT2D eigenvalue weighted by Crippen LogP contribution is -2.06. The molecule has 0 fully saturated rings. The molecule has 0 aliphatic carbocycles. The van der Waals surface area contributed by atoms with Gasteiger partial charge in [-0.3, -0.25) is 0 Å². The Morgan fingerprint density at radius 2 is 2.09 bits per heavy atom. The lowest BCUT2D eigenvalue weighted by Gasteiger charge is -2.05. The minimum Gasteiger partial charge on any atom is -0.315 e. The second kappa shape index (κ2) is 6.17. The van der Waals surface area contributed by atoms with Gasteiger partial charge in [-0.15, -0.1) is 32.9 Å². The van der Waals surface area contributed by atoms with Crippen LogP contribution >= 0.6 is 22.7 Å². The van der Waals surface area contributed by atoms with E-state index >= 15 is 0 Å². The quantitative estimate of drug-likeness (QED) is 0.707. The highest BCUT2D eigenvalue weighted by Crippen LogP contribution is 2.31. The Hall–Kier alpha value is -1.53. The molecule has 1 aliphatic heterocycles. The van der Waals surface area contributed by atoms with Crippen molar-refractivity contribution in [3.05, 3.63) is 37.9 Å². The molecule has 0 amide bonds. The Balaban J connectivity index is 1.59. The largest absolute Gasteiger partial charge is 0.315 e.